The lowest BCUT2D eigenvalue weighted by molar-refractivity contribution is 0.648. The lowest BCUT2D eigenvalue weighted by atomic mass is 9.94. The number of fused-ring (bicyclic) bond motifs is 1. The van der Waals surface area contributed by atoms with E-state index >= 15 is 0 Å². The largest absolute Gasteiger partial charge is 0.320 e. The van der Waals surface area contributed by atoms with Gasteiger partial charge in [0.05, 0.1) is 6.04 Å². The van der Waals surface area contributed by atoms with Crippen LogP contribution in [0.25, 0.3) is 0 Å². The van der Waals surface area contributed by atoms with Gasteiger partial charge in [-0.25, -0.2) is 0 Å². The normalized spacial score (nSPS) is 18.0. The van der Waals surface area contributed by atoms with Gasteiger partial charge in [-0.05, 0) is 68.7 Å². The second-order valence-electron chi connectivity index (χ2n) is 7.17. The van der Waals surface area contributed by atoms with E-state index in [0.717, 1.165) is 48.8 Å². The van der Waals surface area contributed by atoms with Crippen LogP contribution in [0.3, 0.4) is 0 Å². The number of aryl methyl sites for hydroxylation is 3. The fourth-order valence-electron chi connectivity index (χ4n) is 3.90. The van der Waals surface area contributed by atoms with Gasteiger partial charge >= 0.3 is 0 Å². The molecule has 0 bridgehead atoms. The van der Waals surface area contributed by atoms with Crippen molar-refractivity contribution in [1.29, 1.82) is 0 Å². The minimum absolute atomic E-state index is 0.140. The molecule has 2 aromatic rings. The number of nitrogens with zero attached hydrogens (tertiary/aromatic N) is 1. The Morgan fingerprint density at radius 1 is 1.13 bits per heavy atom. The molecule has 23 heavy (non-hydrogen) atoms. The molecule has 0 saturated heterocycles. The molecule has 1 unspecified atom stereocenters. The Morgan fingerprint density at radius 2 is 1.91 bits per heavy atom. The average molecular weight is 308 g/mol. The summed E-state index contributed by atoms with van der Waals surface area (Å²) in [4.78, 5) is 13.1. The summed E-state index contributed by atoms with van der Waals surface area (Å²) in [5, 5.41) is 0. The third-order valence-electron chi connectivity index (χ3n) is 5.33. The van der Waals surface area contributed by atoms with E-state index in [1.807, 2.05) is 0 Å². The van der Waals surface area contributed by atoms with Gasteiger partial charge in [-0.2, -0.15) is 0 Å². The van der Waals surface area contributed by atoms with Crippen LogP contribution in [0.4, 0.5) is 0 Å². The third kappa shape index (κ3) is 2.43. The van der Waals surface area contributed by atoms with Gasteiger partial charge in [0.1, 0.15) is 0 Å². The molecular weight excluding hydrogens is 284 g/mol. The van der Waals surface area contributed by atoms with Crippen molar-refractivity contribution in [2.45, 2.75) is 58.0 Å². The first-order chi connectivity index (χ1) is 11.1. The fraction of sp³-hybridized carbons (Fsp3) is 0.450. The standard InChI is InChI=1S/C20H24N2O/c1-12-6-7-13(2)16(10-12)19(21)17-11-14-4-3-5-18(14)22(20(17)23)15-8-9-15/h6-7,10-11,15,19H,3-5,8-9,21H2,1-2H3. The van der Waals surface area contributed by atoms with Crippen molar-refractivity contribution in [2.24, 2.45) is 5.73 Å². The van der Waals surface area contributed by atoms with E-state index in [-0.39, 0.29) is 11.6 Å². The average Bonchev–Trinajstić information content (AvgIpc) is 3.25. The Bertz CT molecular complexity index is 830. The maximum absolute atomic E-state index is 13.1. The first-order valence-electron chi connectivity index (χ1n) is 8.66. The molecule has 0 amide bonds. The van der Waals surface area contributed by atoms with E-state index in [1.165, 1.54) is 16.8 Å². The molecule has 0 aliphatic heterocycles. The van der Waals surface area contributed by atoms with Crippen LogP contribution >= 0.6 is 0 Å². The van der Waals surface area contributed by atoms with E-state index < -0.39 is 0 Å². The van der Waals surface area contributed by atoms with Crippen molar-refractivity contribution in [3.05, 3.63) is 68.1 Å². The molecular formula is C20H24N2O. The number of hydrogen-bond donors (Lipinski definition) is 1. The highest BCUT2D eigenvalue weighted by Gasteiger charge is 2.31. The molecule has 4 rings (SSSR count). The van der Waals surface area contributed by atoms with Crippen LogP contribution in [0.2, 0.25) is 0 Å². The van der Waals surface area contributed by atoms with E-state index in [1.54, 1.807) is 0 Å². The molecule has 0 radical (unpaired) electrons. The quantitative estimate of drug-likeness (QED) is 0.945. The SMILES string of the molecule is Cc1ccc(C)c(C(N)c2cc3c(n(C4CC4)c2=O)CCC3)c1. The van der Waals surface area contributed by atoms with Crippen molar-refractivity contribution in [3.63, 3.8) is 0 Å². The summed E-state index contributed by atoms with van der Waals surface area (Å²) in [6.07, 6.45) is 5.54. The zero-order chi connectivity index (χ0) is 16.1. The molecule has 2 aliphatic carbocycles. The lowest BCUT2D eigenvalue weighted by Gasteiger charge is -2.19. The number of hydrogen-bond acceptors (Lipinski definition) is 2. The molecule has 3 heteroatoms. The van der Waals surface area contributed by atoms with Crippen molar-refractivity contribution in [1.82, 2.24) is 4.57 Å². The molecule has 2 aliphatic rings. The molecule has 2 N–H and O–H groups in total. The Kier molecular flexibility index (Phi) is 3.42. The molecule has 1 atom stereocenters. The fourth-order valence-corrected chi connectivity index (χ4v) is 3.90. The summed E-state index contributed by atoms with van der Waals surface area (Å²) in [7, 11) is 0. The van der Waals surface area contributed by atoms with Crippen LogP contribution in [0.1, 0.15) is 64.9 Å². The van der Waals surface area contributed by atoms with Crippen molar-refractivity contribution >= 4 is 0 Å². The molecule has 1 saturated carbocycles. The molecule has 1 aromatic heterocycles. The first kappa shape index (κ1) is 14.7. The molecule has 1 heterocycles. The van der Waals surface area contributed by atoms with Gasteiger partial charge in [-0.15, -0.1) is 0 Å². The molecule has 3 nitrogen and oxygen atoms in total. The second-order valence-corrected chi connectivity index (χ2v) is 7.17. The highest BCUT2D eigenvalue weighted by atomic mass is 16.1. The minimum Gasteiger partial charge on any atom is -0.320 e. The van der Waals surface area contributed by atoms with Gasteiger partial charge in [0.2, 0.25) is 0 Å². The second kappa shape index (κ2) is 5.34. The highest BCUT2D eigenvalue weighted by Crippen LogP contribution is 2.38. The van der Waals surface area contributed by atoms with Gasteiger partial charge in [0.25, 0.3) is 5.56 Å². The van der Waals surface area contributed by atoms with Crippen LogP contribution in [0.5, 0.6) is 0 Å². The molecule has 0 spiro atoms. The van der Waals surface area contributed by atoms with E-state index in [9.17, 15) is 4.79 Å². The number of benzene rings is 1. The van der Waals surface area contributed by atoms with Crippen LogP contribution in [-0.2, 0) is 12.8 Å². The van der Waals surface area contributed by atoms with Crippen LogP contribution in [-0.4, -0.2) is 4.57 Å². The number of nitrogens with two attached hydrogens (primary N) is 1. The van der Waals surface area contributed by atoms with Gasteiger partial charge in [0, 0.05) is 17.3 Å². The monoisotopic (exact) mass is 308 g/mol. The maximum atomic E-state index is 13.1. The van der Waals surface area contributed by atoms with E-state index in [2.05, 4.69) is 42.7 Å². The van der Waals surface area contributed by atoms with E-state index in [0.29, 0.717) is 6.04 Å². The Morgan fingerprint density at radius 3 is 2.65 bits per heavy atom. The summed E-state index contributed by atoms with van der Waals surface area (Å²) in [5.74, 6) is 0. The molecule has 1 aromatic carbocycles. The van der Waals surface area contributed by atoms with Gasteiger partial charge < -0.3 is 10.3 Å². The number of rotatable bonds is 3. The number of pyridine rings is 1. The van der Waals surface area contributed by atoms with E-state index in [4.69, 9.17) is 5.73 Å². The third-order valence-corrected chi connectivity index (χ3v) is 5.33. The maximum Gasteiger partial charge on any atom is 0.256 e. The van der Waals surface area contributed by atoms with Gasteiger partial charge in [0.15, 0.2) is 0 Å². The predicted molar refractivity (Wildman–Crippen MR) is 92.9 cm³/mol. The van der Waals surface area contributed by atoms with Crippen LogP contribution in [0, 0.1) is 13.8 Å². The topological polar surface area (TPSA) is 48.0 Å². The predicted octanol–water partition coefficient (Wildman–Crippen LogP) is 3.34. The Hall–Kier alpha value is -1.87. The summed E-state index contributed by atoms with van der Waals surface area (Å²) >= 11 is 0. The lowest BCUT2D eigenvalue weighted by Crippen LogP contribution is -2.31. The summed E-state index contributed by atoms with van der Waals surface area (Å²) in [6.45, 7) is 4.14. The Balaban J connectivity index is 1.87. The zero-order valence-corrected chi connectivity index (χ0v) is 13.9. The summed E-state index contributed by atoms with van der Waals surface area (Å²) in [5.41, 5.74) is 13.5. The summed E-state index contributed by atoms with van der Waals surface area (Å²) < 4.78 is 2.07. The van der Waals surface area contributed by atoms with Crippen LogP contribution in [0.15, 0.2) is 29.1 Å². The zero-order valence-electron chi connectivity index (χ0n) is 13.9. The summed E-state index contributed by atoms with van der Waals surface area (Å²) in [6, 6.07) is 8.48. The Labute approximate surface area is 137 Å². The first-order valence-corrected chi connectivity index (χ1v) is 8.66. The highest BCUT2D eigenvalue weighted by molar-refractivity contribution is 5.41. The van der Waals surface area contributed by atoms with Crippen molar-refractivity contribution in [2.75, 3.05) is 0 Å². The minimum atomic E-state index is -0.335. The van der Waals surface area contributed by atoms with Crippen LogP contribution < -0.4 is 11.3 Å². The van der Waals surface area contributed by atoms with Crippen molar-refractivity contribution in [3.8, 4) is 0 Å². The number of aromatic nitrogens is 1. The molecule has 120 valence electrons. The van der Waals surface area contributed by atoms with Gasteiger partial charge in [-0.3, -0.25) is 4.79 Å². The smallest absolute Gasteiger partial charge is 0.256 e. The van der Waals surface area contributed by atoms with Gasteiger partial charge in [-0.1, -0.05) is 23.8 Å². The molecule has 1 fully saturated rings. The van der Waals surface area contributed by atoms with Crippen molar-refractivity contribution < 1.29 is 0 Å².